The first-order chi connectivity index (χ1) is 11.3. The number of aliphatic hydroxyl groups excluding tert-OH is 4. The Hall–Kier alpha value is -1.61. The van der Waals surface area contributed by atoms with Gasteiger partial charge in [0.1, 0.15) is 24.4 Å². The van der Waals surface area contributed by atoms with Crippen LogP contribution in [0.25, 0.3) is 6.08 Å². The quantitative estimate of drug-likeness (QED) is 0.449. The fourth-order valence-electron chi connectivity index (χ4n) is 2.53. The molecule has 1 aromatic carbocycles. The molecular weight excluding hydrogens is 316 g/mol. The summed E-state index contributed by atoms with van der Waals surface area (Å²) in [6.07, 6.45) is -2.77. The van der Waals surface area contributed by atoms with Crippen molar-refractivity contribution < 1.29 is 35.1 Å². The third-order valence-electron chi connectivity index (χ3n) is 4.10. The van der Waals surface area contributed by atoms with Crippen LogP contribution in [0.4, 0.5) is 0 Å². The minimum Gasteiger partial charge on any atom is -0.394 e. The molecule has 24 heavy (non-hydrogen) atoms. The highest BCUT2D eigenvalue weighted by Crippen LogP contribution is 2.36. The van der Waals surface area contributed by atoms with E-state index in [-0.39, 0.29) is 11.3 Å². The van der Waals surface area contributed by atoms with Crippen LogP contribution >= 0.6 is 0 Å². The van der Waals surface area contributed by atoms with Crippen molar-refractivity contribution in [1.29, 1.82) is 0 Å². The summed E-state index contributed by atoms with van der Waals surface area (Å²) in [4.78, 5) is 11.3. The molecule has 0 aliphatic carbocycles. The second kappa shape index (κ2) is 7.52. The van der Waals surface area contributed by atoms with Crippen molar-refractivity contribution >= 4 is 11.9 Å². The number of carbonyl (C=O) groups is 1. The fraction of sp³-hybridized carbons (Fsp3) is 0.471. The largest absolute Gasteiger partial charge is 0.394 e. The fourth-order valence-corrected chi connectivity index (χ4v) is 2.53. The number of ether oxygens (including phenoxy) is 1. The summed E-state index contributed by atoms with van der Waals surface area (Å²) < 4.78 is 5.23. The van der Waals surface area contributed by atoms with Crippen LogP contribution in [-0.2, 0) is 15.3 Å². The van der Waals surface area contributed by atoms with Crippen molar-refractivity contribution in [3.63, 3.8) is 0 Å². The number of hydrogen-bond acceptors (Lipinski definition) is 7. The molecule has 0 saturated carbocycles. The maximum absolute atomic E-state index is 11.3. The second-order valence-electron chi connectivity index (χ2n) is 5.74. The predicted molar refractivity (Wildman–Crippen MR) is 84.7 cm³/mol. The maximum atomic E-state index is 11.3. The van der Waals surface area contributed by atoms with Crippen LogP contribution in [0.3, 0.4) is 0 Å². The van der Waals surface area contributed by atoms with Crippen molar-refractivity contribution in [2.24, 2.45) is 0 Å². The van der Waals surface area contributed by atoms with Gasteiger partial charge in [-0.3, -0.25) is 4.79 Å². The molecule has 0 unspecified atom stereocenters. The van der Waals surface area contributed by atoms with E-state index in [0.717, 1.165) is 0 Å². The summed E-state index contributed by atoms with van der Waals surface area (Å²) in [6.45, 7) is 1.12. The molecule has 0 amide bonds. The zero-order valence-electron chi connectivity index (χ0n) is 13.2. The number of benzene rings is 1. The van der Waals surface area contributed by atoms with Gasteiger partial charge in [-0.15, -0.1) is 0 Å². The van der Waals surface area contributed by atoms with Crippen LogP contribution in [0.5, 0.6) is 0 Å². The number of carbonyl (C=O) groups excluding carboxylic acids is 1. The lowest BCUT2D eigenvalue weighted by atomic mass is 9.88. The van der Waals surface area contributed by atoms with Crippen LogP contribution in [0.2, 0.25) is 0 Å². The summed E-state index contributed by atoms with van der Waals surface area (Å²) in [5.41, 5.74) is 0.854. The van der Waals surface area contributed by atoms with E-state index >= 15 is 0 Å². The van der Waals surface area contributed by atoms with E-state index in [4.69, 9.17) is 4.74 Å². The van der Waals surface area contributed by atoms with Gasteiger partial charge in [0.05, 0.1) is 6.61 Å². The summed E-state index contributed by atoms with van der Waals surface area (Å²) in [7, 11) is 0. The van der Waals surface area contributed by atoms with Crippen molar-refractivity contribution in [2.75, 3.05) is 6.61 Å². The monoisotopic (exact) mass is 338 g/mol. The molecule has 0 spiro atoms. The highest BCUT2D eigenvalue weighted by atomic mass is 16.7. The Labute approximate surface area is 139 Å². The van der Waals surface area contributed by atoms with Gasteiger partial charge in [-0.05, 0) is 11.6 Å². The van der Waals surface area contributed by atoms with E-state index < -0.39 is 36.8 Å². The van der Waals surface area contributed by atoms with Crippen molar-refractivity contribution in [1.82, 2.24) is 0 Å². The van der Waals surface area contributed by atoms with Gasteiger partial charge >= 0.3 is 0 Å². The Morgan fingerprint density at radius 1 is 1.21 bits per heavy atom. The van der Waals surface area contributed by atoms with E-state index in [9.17, 15) is 30.3 Å². The van der Waals surface area contributed by atoms with Gasteiger partial charge in [0.25, 0.3) is 0 Å². The normalized spacial score (nSPS) is 33.8. The summed E-state index contributed by atoms with van der Waals surface area (Å²) in [5, 5.41) is 49.5. The minimum atomic E-state index is -2.27. The zero-order valence-corrected chi connectivity index (χ0v) is 13.2. The molecule has 0 bridgehead atoms. The molecule has 7 nitrogen and oxygen atoms in total. The Kier molecular flexibility index (Phi) is 5.87. The molecule has 132 valence electrons. The van der Waals surface area contributed by atoms with E-state index in [1.807, 2.05) is 0 Å². The predicted octanol–water partition coefficient (Wildman–Crippen LogP) is -0.702. The minimum absolute atomic E-state index is 0.0216. The smallest absolute Gasteiger partial charge is 0.222 e. The van der Waals surface area contributed by atoms with E-state index in [2.05, 4.69) is 0 Å². The van der Waals surface area contributed by atoms with Crippen molar-refractivity contribution in [3.8, 4) is 0 Å². The number of hydrogen-bond donors (Lipinski definition) is 5. The van der Waals surface area contributed by atoms with Gasteiger partial charge in [-0.2, -0.15) is 0 Å². The second-order valence-corrected chi connectivity index (χ2v) is 5.74. The SMILES string of the molecule is CCC(=O)/C=C\c1ccc([C@@]2(O)O[C@H](CO)[C@@H](O)[C@@H](O)[C@H]2O)cc1. The van der Waals surface area contributed by atoms with Crippen LogP contribution in [0.15, 0.2) is 30.3 Å². The molecule has 7 heteroatoms. The van der Waals surface area contributed by atoms with Crippen LogP contribution < -0.4 is 0 Å². The third kappa shape index (κ3) is 3.56. The molecule has 0 radical (unpaired) electrons. The van der Waals surface area contributed by atoms with Gasteiger partial charge < -0.3 is 30.3 Å². The summed E-state index contributed by atoms with van der Waals surface area (Å²) >= 11 is 0. The lowest BCUT2D eigenvalue weighted by Crippen LogP contribution is -2.63. The Balaban J connectivity index is 2.25. The molecule has 1 heterocycles. The molecule has 2 rings (SSSR count). The molecule has 5 atom stereocenters. The summed E-state index contributed by atoms with van der Waals surface area (Å²) in [6, 6.07) is 6.15. The molecule has 1 aliphatic rings. The van der Waals surface area contributed by atoms with Gasteiger partial charge in [0.15, 0.2) is 5.78 Å². The molecule has 1 aliphatic heterocycles. The lowest BCUT2D eigenvalue weighted by Gasteiger charge is -2.45. The molecule has 1 aromatic rings. The first-order valence-corrected chi connectivity index (χ1v) is 7.70. The van der Waals surface area contributed by atoms with E-state index in [1.165, 1.54) is 18.2 Å². The topological polar surface area (TPSA) is 127 Å². The standard InChI is InChI=1S/C17H22O7/c1-2-12(19)8-5-10-3-6-11(7-4-10)17(23)16(22)15(21)14(20)13(9-18)24-17/h3-8,13-16,18,20-23H,2,9H2,1H3/b8-5-/t13-,14-,15-,16-,17-/m1/s1. The Morgan fingerprint density at radius 2 is 1.83 bits per heavy atom. The Bertz CT molecular complexity index is 595. The highest BCUT2D eigenvalue weighted by Gasteiger charge is 2.53. The molecular formula is C17H22O7. The van der Waals surface area contributed by atoms with Crippen LogP contribution in [0, 0.1) is 0 Å². The van der Waals surface area contributed by atoms with Gasteiger partial charge in [0, 0.05) is 12.0 Å². The number of aliphatic hydroxyl groups is 5. The van der Waals surface area contributed by atoms with Gasteiger partial charge in [-0.1, -0.05) is 37.3 Å². The van der Waals surface area contributed by atoms with Crippen LogP contribution in [-0.4, -0.2) is 62.3 Å². The summed E-state index contributed by atoms with van der Waals surface area (Å²) in [5.74, 6) is -2.29. The number of ketones is 1. The Morgan fingerprint density at radius 3 is 2.38 bits per heavy atom. The number of rotatable bonds is 5. The third-order valence-corrected chi connectivity index (χ3v) is 4.10. The van der Waals surface area contributed by atoms with E-state index in [1.54, 1.807) is 25.1 Å². The van der Waals surface area contributed by atoms with Crippen molar-refractivity contribution in [2.45, 2.75) is 43.5 Å². The highest BCUT2D eigenvalue weighted by molar-refractivity contribution is 5.93. The van der Waals surface area contributed by atoms with Crippen LogP contribution in [0.1, 0.15) is 24.5 Å². The van der Waals surface area contributed by atoms with E-state index in [0.29, 0.717) is 12.0 Å². The van der Waals surface area contributed by atoms with Crippen molar-refractivity contribution in [3.05, 3.63) is 41.5 Å². The van der Waals surface area contributed by atoms with Gasteiger partial charge in [-0.25, -0.2) is 0 Å². The molecule has 5 N–H and O–H groups in total. The molecule has 1 fully saturated rings. The first kappa shape index (κ1) is 18.7. The van der Waals surface area contributed by atoms with Gasteiger partial charge in [0.2, 0.25) is 5.79 Å². The average Bonchev–Trinajstić information content (AvgIpc) is 2.61. The zero-order chi connectivity index (χ0) is 17.9. The molecule has 0 aromatic heterocycles. The average molecular weight is 338 g/mol. The first-order valence-electron chi connectivity index (χ1n) is 7.70. The lowest BCUT2D eigenvalue weighted by molar-refractivity contribution is -0.357. The number of allylic oxidation sites excluding steroid dienone is 1. The molecule has 1 saturated heterocycles. The maximum Gasteiger partial charge on any atom is 0.222 e.